The van der Waals surface area contributed by atoms with Crippen LogP contribution in [0.1, 0.15) is 27.0 Å². The average Bonchev–Trinajstić information content (AvgIpc) is 2.37. The van der Waals surface area contributed by atoms with Crippen molar-refractivity contribution in [3.05, 3.63) is 64.7 Å². The predicted octanol–water partition coefficient (Wildman–Crippen LogP) is 3.52. The Morgan fingerprint density at radius 1 is 0.950 bits per heavy atom. The molecule has 0 aromatic heterocycles. The largest absolute Gasteiger partial charge is 0.458 e. The van der Waals surface area contributed by atoms with Gasteiger partial charge < -0.3 is 0 Å². The molecule has 0 saturated heterocycles. The van der Waals surface area contributed by atoms with Crippen LogP contribution < -0.4 is 5.30 Å². The summed E-state index contributed by atoms with van der Waals surface area (Å²) in [7, 11) is -2.04. The molecular formula is C16H16NaO2P+. The molecule has 0 bridgehead atoms. The van der Waals surface area contributed by atoms with Crippen LogP contribution in [0.2, 0.25) is 0 Å². The fraction of sp³-hybridized carbons (Fsp3) is 0.188. The smallest absolute Gasteiger partial charge is 0.234 e. The number of hydrogen-bond donors (Lipinski definition) is 0. The predicted molar refractivity (Wildman–Crippen MR) is 84.4 cm³/mol. The second-order valence-corrected chi connectivity index (χ2v) is 6.22. The van der Waals surface area contributed by atoms with Crippen LogP contribution in [-0.2, 0) is 4.57 Å². The third-order valence-corrected chi connectivity index (χ3v) is 4.43. The van der Waals surface area contributed by atoms with Crippen LogP contribution in [0.25, 0.3) is 0 Å². The Hall–Kier alpha value is -0.790. The zero-order valence-electron chi connectivity index (χ0n) is 12.3. The molecule has 1 radical (unpaired) electrons. The molecule has 0 fully saturated rings. The normalized spacial score (nSPS) is 10.7. The summed E-state index contributed by atoms with van der Waals surface area (Å²) >= 11 is 0. The van der Waals surface area contributed by atoms with Gasteiger partial charge in [0.25, 0.3) is 0 Å². The molecule has 1 unspecified atom stereocenters. The van der Waals surface area contributed by atoms with Gasteiger partial charge in [0, 0.05) is 29.6 Å². The van der Waals surface area contributed by atoms with Gasteiger partial charge in [-0.25, -0.2) is 4.79 Å². The van der Waals surface area contributed by atoms with Gasteiger partial charge in [-0.3, -0.25) is 0 Å². The van der Waals surface area contributed by atoms with E-state index in [4.69, 9.17) is 0 Å². The third kappa shape index (κ3) is 3.65. The summed E-state index contributed by atoms with van der Waals surface area (Å²) < 4.78 is 12.3. The molecule has 1 atom stereocenters. The molecule has 0 amide bonds. The van der Waals surface area contributed by atoms with Crippen molar-refractivity contribution in [2.45, 2.75) is 20.8 Å². The second-order valence-electron chi connectivity index (χ2n) is 4.71. The maximum absolute atomic E-state index is 12.4. The number of aryl methyl sites for hydroxylation is 3. The molecular weight excluding hydrogens is 278 g/mol. The monoisotopic (exact) mass is 294 g/mol. The molecule has 0 aliphatic rings. The van der Waals surface area contributed by atoms with Crippen molar-refractivity contribution in [1.82, 2.24) is 0 Å². The summed E-state index contributed by atoms with van der Waals surface area (Å²) in [4.78, 5) is 12.4. The van der Waals surface area contributed by atoms with Gasteiger partial charge in [0.1, 0.15) is 0 Å². The molecule has 2 aromatic carbocycles. The summed E-state index contributed by atoms with van der Waals surface area (Å²) in [5.41, 5.74) is 3.21. The Morgan fingerprint density at radius 2 is 1.45 bits per heavy atom. The van der Waals surface area contributed by atoms with Gasteiger partial charge in [0.15, 0.2) is 5.30 Å². The molecule has 2 aromatic rings. The van der Waals surface area contributed by atoms with Crippen LogP contribution in [0.3, 0.4) is 0 Å². The van der Waals surface area contributed by atoms with Gasteiger partial charge in [-0.2, -0.15) is 0 Å². The quantitative estimate of drug-likeness (QED) is 0.641. The first-order valence-corrected chi connectivity index (χ1v) is 7.41. The first-order valence-electron chi connectivity index (χ1n) is 6.15. The number of carbonyl (C=O) groups excluding carboxylic acids is 1. The molecule has 0 aliphatic heterocycles. The first kappa shape index (κ1) is 17.3. The number of carbonyl (C=O) groups is 1. The zero-order valence-corrected chi connectivity index (χ0v) is 15.2. The summed E-state index contributed by atoms with van der Waals surface area (Å²) in [6.45, 7) is 5.77. The van der Waals surface area contributed by atoms with E-state index in [-0.39, 0.29) is 35.1 Å². The molecule has 0 aliphatic carbocycles. The van der Waals surface area contributed by atoms with E-state index in [9.17, 15) is 9.36 Å². The van der Waals surface area contributed by atoms with Crippen LogP contribution in [0, 0.1) is 20.8 Å². The number of hydrogen-bond acceptors (Lipinski definition) is 2. The number of benzene rings is 2. The van der Waals surface area contributed by atoms with E-state index in [0.717, 1.165) is 16.7 Å². The molecule has 0 heterocycles. The van der Waals surface area contributed by atoms with Crippen LogP contribution >= 0.6 is 7.80 Å². The molecule has 20 heavy (non-hydrogen) atoms. The van der Waals surface area contributed by atoms with Crippen LogP contribution in [0.4, 0.5) is 0 Å². The fourth-order valence-corrected chi connectivity index (χ4v) is 3.53. The SMILES string of the molecule is Cc1cc(C)c(C(=O)[P+](=O)c2ccccc2)c(C)c1.[Na]. The van der Waals surface area contributed by atoms with Crippen molar-refractivity contribution in [2.75, 3.05) is 0 Å². The molecule has 0 spiro atoms. The molecule has 0 saturated carbocycles. The standard InChI is InChI=1S/C16H16O2P.Na/c1-11-9-12(2)15(13(3)10-11)16(17)19(18)14-7-5-4-6-8-14;/h4-10H,1-3H3;/q+1;. The van der Waals surface area contributed by atoms with Gasteiger partial charge in [0.2, 0.25) is 0 Å². The first-order chi connectivity index (χ1) is 9.00. The van der Waals surface area contributed by atoms with E-state index in [0.29, 0.717) is 10.9 Å². The Bertz CT molecular complexity index is 628. The summed E-state index contributed by atoms with van der Waals surface area (Å²) in [6.07, 6.45) is 0. The van der Waals surface area contributed by atoms with Crippen molar-refractivity contribution in [3.63, 3.8) is 0 Å². The molecule has 2 rings (SSSR count). The van der Waals surface area contributed by atoms with Crippen molar-refractivity contribution >= 4 is 48.2 Å². The van der Waals surface area contributed by atoms with Gasteiger partial charge in [-0.1, -0.05) is 40.5 Å². The van der Waals surface area contributed by atoms with E-state index in [1.54, 1.807) is 24.3 Å². The van der Waals surface area contributed by atoms with Crippen molar-refractivity contribution < 1.29 is 9.36 Å². The molecule has 97 valence electrons. The summed E-state index contributed by atoms with van der Waals surface area (Å²) in [5.74, 6) is 0. The maximum atomic E-state index is 12.4. The fourth-order valence-electron chi connectivity index (χ4n) is 2.30. The second kappa shape index (κ2) is 7.28. The minimum absolute atomic E-state index is 0. The Kier molecular flexibility index (Phi) is 6.29. The van der Waals surface area contributed by atoms with Crippen molar-refractivity contribution in [3.8, 4) is 0 Å². The molecule has 0 N–H and O–H groups in total. The van der Waals surface area contributed by atoms with E-state index in [1.165, 1.54) is 0 Å². The Balaban J connectivity index is 0.00000200. The Morgan fingerprint density at radius 3 is 1.95 bits per heavy atom. The maximum Gasteiger partial charge on any atom is 0.458 e. The third-order valence-electron chi connectivity index (χ3n) is 3.07. The van der Waals surface area contributed by atoms with E-state index >= 15 is 0 Å². The van der Waals surface area contributed by atoms with Crippen molar-refractivity contribution in [2.24, 2.45) is 0 Å². The molecule has 2 nitrogen and oxygen atoms in total. The summed E-state index contributed by atoms with van der Waals surface area (Å²) in [6, 6.07) is 12.8. The van der Waals surface area contributed by atoms with Gasteiger partial charge in [0.05, 0.1) is 5.56 Å². The summed E-state index contributed by atoms with van der Waals surface area (Å²) in [5, 5.41) is 0.585. The van der Waals surface area contributed by atoms with Crippen LogP contribution in [0.15, 0.2) is 42.5 Å². The van der Waals surface area contributed by atoms with Gasteiger partial charge in [-0.15, -0.1) is 0 Å². The van der Waals surface area contributed by atoms with Crippen LogP contribution in [0.5, 0.6) is 0 Å². The minimum Gasteiger partial charge on any atom is -0.234 e. The van der Waals surface area contributed by atoms with E-state index < -0.39 is 7.80 Å². The minimum atomic E-state index is -2.04. The molecule has 4 heteroatoms. The zero-order chi connectivity index (χ0) is 14.0. The van der Waals surface area contributed by atoms with Crippen molar-refractivity contribution in [1.29, 1.82) is 0 Å². The topological polar surface area (TPSA) is 34.1 Å². The van der Waals surface area contributed by atoms with Gasteiger partial charge >= 0.3 is 13.3 Å². The van der Waals surface area contributed by atoms with Gasteiger partial charge in [-0.05, 0) is 44.0 Å². The average molecular weight is 294 g/mol. The van der Waals surface area contributed by atoms with Crippen LogP contribution in [-0.4, -0.2) is 35.1 Å². The number of rotatable bonds is 3. The van der Waals surface area contributed by atoms with E-state index in [2.05, 4.69) is 0 Å². The Labute approximate surface area is 142 Å². The van der Waals surface area contributed by atoms with E-state index in [1.807, 2.05) is 39.0 Å².